The molecule has 0 bridgehead atoms. The van der Waals surface area contributed by atoms with Crippen molar-refractivity contribution in [1.29, 1.82) is 0 Å². The maximum Gasteiger partial charge on any atom is 0.257 e. The Kier molecular flexibility index (Phi) is 4.93. The van der Waals surface area contributed by atoms with Crippen molar-refractivity contribution in [2.45, 2.75) is 6.54 Å². The second-order valence-electron chi connectivity index (χ2n) is 4.33. The molecule has 0 aromatic carbocycles. The van der Waals surface area contributed by atoms with Crippen LogP contribution < -0.4 is 0 Å². The van der Waals surface area contributed by atoms with E-state index < -0.39 is 0 Å². The Bertz CT molecular complexity index is 700. The van der Waals surface area contributed by atoms with Crippen LogP contribution in [0.4, 0.5) is 0 Å². The Hall–Kier alpha value is -2.36. The van der Waals surface area contributed by atoms with Crippen molar-refractivity contribution < 1.29 is 15.0 Å². The number of rotatable bonds is 3. The van der Waals surface area contributed by atoms with E-state index in [4.69, 9.17) is 5.11 Å². The summed E-state index contributed by atoms with van der Waals surface area (Å²) >= 11 is 1.46. The van der Waals surface area contributed by atoms with E-state index >= 15 is 0 Å². The number of aliphatic hydroxyl groups excluding tert-OH is 1. The van der Waals surface area contributed by atoms with Gasteiger partial charge in [0.1, 0.15) is 12.4 Å². The second kappa shape index (κ2) is 6.88. The monoisotopic (exact) mass is 302 g/mol. The maximum absolute atomic E-state index is 12.2. The minimum atomic E-state index is -0.274. The molecule has 2 N–H and O–H groups in total. The first-order chi connectivity index (χ1) is 10.1. The van der Waals surface area contributed by atoms with E-state index in [0.717, 1.165) is 10.4 Å². The summed E-state index contributed by atoms with van der Waals surface area (Å²) in [6.45, 7) is 0.241. The zero-order valence-electron chi connectivity index (χ0n) is 11.4. The summed E-state index contributed by atoms with van der Waals surface area (Å²) in [4.78, 5) is 18.3. The molecule has 0 radical (unpaired) electrons. The van der Waals surface area contributed by atoms with E-state index in [0.29, 0.717) is 6.54 Å². The van der Waals surface area contributed by atoms with Crippen LogP contribution in [-0.2, 0) is 6.54 Å². The van der Waals surface area contributed by atoms with E-state index in [2.05, 4.69) is 16.8 Å². The van der Waals surface area contributed by atoms with E-state index in [9.17, 15) is 9.90 Å². The number of carbonyl (C=O) groups excluding carboxylic acids is 1. The van der Waals surface area contributed by atoms with Gasteiger partial charge in [-0.2, -0.15) is 0 Å². The van der Waals surface area contributed by atoms with Crippen LogP contribution in [0.5, 0.6) is 5.75 Å². The van der Waals surface area contributed by atoms with Gasteiger partial charge in [0.25, 0.3) is 5.91 Å². The largest absolute Gasteiger partial charge is 0.505 e. The average molecular weight is 302 g/mol. The smallest absolute Gasteiger partial charge is 0.257 e. The third kappa shape index (κ3) is 3.81. The van der Waals surface area contributed by atoms with Gasteiger partial charge in [0.15, 0.2) is 0 Å². The number of pyridine rings is 1. The molecule has 2 aromatic rings. The molecule has 2 rings (SSSR count). The zero-order valence-corrected chi connectivity index (χ0v) is 12.2. The minimum absolute atomic E-state index is 0.130. The van der Waals surface area contributed by atoms with Crippen molar-refractivity contribution in [2.24, 2.45) is 0 Å². The maximum atomic E-state index is 12.2. The average Bonchev–Trinajstić information content (AvgIpc) is 2.92. The van der Waals surface area contributed by atoms with Crippen molar-refractivity contribution in [3.05, 3.63) is 45.9 Å². The number of aliphatic hydroxyl groups is 1. The first-order valence-corrected chi connectivity index (χ1v) is 7.05. The zero-order chi connectivity index (χ0) is 15.2. The Balaban J connectivity index is 2.07. The predicted molar refractivity (Wildman–Crippen MR) is 80.0 cm³/mol. The van der Waals surface area contributed by atoms with Crippen LogP contribution in [0.15, 0.2) is 29.9 Å². The van der Waals surface area contributed by atoms with Crippen molar-refractivity contribution >= 4 is 17.2 Å². The number of thiophene rings is 1. The molecule has 0 atom stereocenters. The molecule has 0 aliphatic heterocycles. The molecule has 0 aliphatic carbocycles. The molecule has 5 nitrogen and oxygen atoms in total. The van der Waals surface area contributed by atoms with E-state index in [1.54, 1.807) is 7.05 Å². The SMILES string of the molecule is CN(Cc1csc(C#CCO)c1)C(=O)c1ccncc1O. The number of aromatic hydroxyl groups is 1. The first-order valence-electron chi connectivity index (χ1n) is 6.17. The Morgan fingerprint density at radius 1 is 1.52 bits per heavy atom. The van der Waals surface area contributed by atoms with Gasteiger partial charge in [-0.1, -0.05) is 11.8 Å². The Labute approximate surface area is 126 Å². The summed E-state index contributed by atoms with van der Waals surface area (Å²) < 4.78 is 0. The summed E-state index contributed by atoms with van der Waals surface area (Å²) in [5.74, 6) is 5.00. The minimum Gasteiger partial charge on any atom is -0.505 e. The molecule has 0 fully saturated rings. The standard InChI is InChI=1S/C15H14N2O3S/c1-17(15(20)13-4-5-16-8-14(13)19)9-11-7-12(21-10-11)3-2-6-18/h4-5,7-8,10,18-19H,6,9H2,1H3. The van der Waals surface area contributed by atoms with Crippen LogP contribution in [0.3, 0.4) is 0 Å². The van der Waals surface area contributed by atoms with Gasteiger partial charge in [0.05, 0.1) is 16.6 Å². The van der Waals surface area contributed by atoms with Gasteiger partial charge in [0, 0.05) is 19.8 Å². The molecule has 0 saturated heterocycles. The molecule has 0 unspecified atom stereocenters. The summed E-state index contributed by atoms with van der Waals surface area (Å²) in [5, 5.41) is 20.2. The highest BCUT2D eigenvalue weighted by Crippen LogP contribution is 2.19. The van der Waals surface area contributed by atoms with Crippen LogP contribution in [0.25, 0.3) is 0 Å². The third-order valence-corrected chi connectivity index (χ3v) is 3.64. The number of hydrogen-bond donors (Lipinski definition) is 2. The van der Waals surface area contributed by atoms with Gasteiger partial charge in [-0.15, -0.1) is 11.3 Å². The number of amides is 1. The third-order valence-electron chi connectivity index (χ3n) is 2.74. The molecular formula is C15H14N2O3S. The molecular weight excluding hydrogens is 288 g/mol. The van der Waals surface area contributed by atoms with Gasteiger partial charge >= 0.3 is 0 Å². The van der Waals surface area contributed by atoms with Gasteiger partial charge in [-0.05, 0) is 23.1 Å². The lowest BCUT2D eigenvalue weighted by atomic mass is 10.2. The second-order valence-corrected chi connectivity index (χ2v) is 5.24. The van der Waals surface area contributed by atoms with Crippen LogP contribution in [0, 0.1) is 11.8 Å². The fourth-order valence-electron chi connectivity index (χ4n) is 1.77. The summed E-state index contributed by atoms with van der Waals surface area (Å²) in [6, 6.07) is 3.36. The number of aromatic nitrogens is 1. The topological polar surface area (TPSA) is 73.7 Å². The summed E-state index contributed by atoms with van der Waals surface area (Å²) in [7, 11) is 1.67. The molecule has 0 spiro atoms. The summed E-state index contributed by atoms with van der Waals surface area (Å²) in [5.41, 5.74) is 1.18. The fraction of sp³-hybridized carbons (Fsp3) is 0.200. The molecule has 6 heteroatoms. The van der Waals surface area contributed by atoms with Crippen LogP contribution in [0.2, 0.25) is 0 Å². The molecule has 108 valence electrons. The van der Waals surface area contributed by atoms with E-state index in [1.807, 2.05) is 11.4 Å². The van der Waals surface area contributed by atoms with Gasteiger partial charge in [0.2, 0.25) is 0 Å². The van der Waals surface area contributed by atoms with Crippen molar-refractivity contribution in [3.8, 4) is 17.6 Å². The molecule has 0 aliphatic rings. The van der Waals surface area contributed by atoms with Gasteiger partial charge in [-0.25, -0.2) is 0 Å². The van der Waals surface area contributed by atoms with E-state index in [-0.39, 0.29) is 23.8 Å². The molecule has 21 heavy (non-hydrogen) atoms. The highest BCUT2D eigenvalue weighted by molar-refractivity contribution is 7.10. The molecule has 0 saturated carbocycles. The highest BCUT2D eigenvalue weighted by atomic mass is 32.1. The highest BCUT2D eigenvalue weighted by Gasteiger charge is 2.16. The number of carbonyl (C=O) groups is 1. The molecule has 1 amide bonds. The normalized spacial score (nSPS) is 9.81. The number of nitrogens with zero attached hydrogens (tertiary/aromatic N) is 2. The van der Waals surface area contributed by atoms with Crippen molar-refractivity contribution in [1.82, 2.24) is 9.88 Å². The van der Waals surface area contributed by atoms with Gasteiger partial charge in [-0.3, -0.25) is 9.78 Å². The Morgan fingerprint density at radius 2 is 2.33 bits per heavy atom. The quantitative estimate of drug-likeness (QED) is 0.842. The van der Waals surface area contributed by atoms with Crippen molar-refractivity contribution in [2.75, 3.05) is 13.7 Å². The number of hydrogen-bond acceptors (Lipinski definition) is 5. The van der Waals surface area contributed by atoms with Crippen LogP contribution in [0.1, 0.15) is 20.8 Å². The molecule has 2 heterocycles. The molecule has 2 aromatic heterocycles. The first kappa shape index (κ1) is 15.0. The Morgan fingerprint density at radius 3 is 3.05 bits per heavy atom. The lowest BCUT2D eigenvalue weighted by Gasteiger charge is -2.16. The van der Waals surface area contributed by atoms with Crippen LogP contribution in [-0.4, -0.2) is 39.7 Å². The predicted octanol–water partition coefficient (Wildman–Crippen LogP) is 1.46. The lowest BCUT2D eigenvalue weighted by molar-refractivity contribution is 0.0782. The van der Waals surface area contributed by atoms with Crippen molar-refractivity contribution in [3.63, 3.8) is 0 Å². The van der Waals surface area contributed by atoms with Gasteiger partial charge < -0.3 is 15.1 Å². The lowest BCUT2D eigenvalue weighted by Crippen LogP contribution is -2.26. The van der Waals surface area contributed by atoms with Crippen LogP contribution >= 0.6 is 11.3 Å². The fourth-order valence-corrected chi connectivity index (χ4v) is 2.54. The summed E-state index contributed by atoms with van der Waals surface area (Å²) in [6.07, 6.45) is 2.71. The van der Waals surface area contributed by atoms with E-state index in [1.165, 1.54) is 34.7 Å².